The number of ether oxygens (including phenoxy) is 1. The first-order chi connectivity index (χ1) is 9.37. The number of methoxy groups -OCH3 is 1. The van der Waals surface area contributed by atoms with Crippen molar-refractivity contribution in [3.8, 4) is 6.07 Å². The number of aromatic nitrogens is 1. The Balaban J connectivity index is 3.25. The molecule has 0 saturated carbocycles. The van der Waals surface area contributed by atoms with Crippen molar-refractivity contribution in [3.63, 3.8) is 0 Å². The summed E-state index contributed by atoms with van der Waals surface area (Å²) in [5.41, 5.74) is 1.21. The van der Waals surface area contributed by atoms with Gasteiger partial charge in [0.2, 0.25) is 0 Å². The van der Waals surface area contributed by atoms with Crippen LogP contribution >= 0.6 is 0 Å². The summed E-state index contributed by atoms with van der Waals surface area (Å²) in [5, 5.41) is 12.4. The number of anilines is 1. The molecule has 0 aromatic carbocycles. The van der Waals surface area contributed by atoms with Crippen molar-refractivity contribution in [2.45, 2.75) is 46.1 Å². The lowest BCUT2D eigenvalue weighted by atomic mass is 9.95. The van der Waals surface area contributed by atoms with Gasteiger partial charge in [-0.15, -0.1) is 0 Å². The van der Waals surface area contributed by atoms with Gasteiger partial charge in [-0.3, -0.25) is 0 Å². The summed E-state index contributed by atoms with van der Waals surface area (Å²) >= 11 is 0. The van der Waals surface area contributed by atoms with Gasteiger partial charge in [-0.25, -0.2) is 9.78 Å². The molecule has 5 heteroatoms. The molecule has 20 heavy (non-hydrogen) atoms. The topological polar surface area (TPSA) is 75.0 Å². The first kappa shape index (κ1) is 16.0. The number of hydrogen-bond donors (Lipinski definition) is 1. The number of nitrogens with zero attached hydrogens (tertiary/aromatic N) is 2. The lowest BCUT2D eigenvalue weighted by Gasteiger charge is -2.28. The predicted molar refractivity (Wildman–Crippen MR) is 77.4 cm³/mol. The van der Waals surface area contributed by atoms with Gasteiger partial charge in [0.05, 0.1) is 12.7 Å². The number of hydrogen-bond acceptors (Lipinski definition) is 5. The summed E-state index contributed by atoms with van der Waals surface area (Å²) < 4.78 is 4.86. The average molecular weight is 275 g/mol. The van der Waals surface area contributed by atoms with Crippen LogP contribution in [-0.2, 0) is 9.53 Å². The largest absolute Gasteiger partial charge is 0.467 e. The Labute approximate surface area is 120 Å². The molecule has 108 valence electrons. The minimum Gasteiger partial charge on any atom is -0.467 e. The van der Waals surface area contributed by atoms with Crippen LogP contribution < -0.4 is 5.32 Å². The molecule has 0 aliphatic heterocycles. The van der Waals surface area contributed by atoms with Crippen molar-refractivity contribution in [2.75, 3.05) is 12.4 Å². The van der Waals surface area contributed by atoms with Gasteiger partial charge in [-0.05, 0) is 38.8 Å². The minimum absolute atomic E-state index is 0.357. The SMILES string of the molecule is CCCC(C)(Nc1nc(C)cc(C)c1C#N)C(=O)OC. The first-order valence-electron chi connectivity index (χ1n) is 6.63. The van der Waals surface area contributed by atoms with E-state index < -0.39 is 5.54 Å². The standard InChI is InChI=1S/C15H21N3O2/c1-6-7-15(4,14(19)20-5)18-13-12(9-16)10(2)8-11(3)17-13/h8H,6-7H2,1-5H3,(H,17,18). The van der Waals surface area contributed by atoms with Gasteiger partial charge < -0.3 is 10.1 Å². The van der Waals surface area contributed by atoms with Gasteiger partial charge in [0.25, 0.3) is 0 Å². The number of nitriles is 1. The van der Waals surface area contributed by atoms with E-state index in [1.54, 1.807) is 6.92 Å². The van der Waals surface area contributed by atoms with Gasteiger partial charge in [-0.1, -0.05) is 13.3 Å². The zero-order valence-electron chi connectivity index (χ0n) is 12.7. The second-order valence-electron chi connectivity index (χ2n) is 5.11. The fourth-order valence-electron chi connectivity index (χ4n) is 2.27. The maximum atomic E-state index is 12.0. The van der Waals surface area contributed by atoms with Crippen LogP contribution in [0.25, 0.3) is 0 Å². The zero-order chi connectivity index (χ0) is 15.3. The number of aryl methyl sites for hydroxylation is 2. The number of carbonyl (C=O) groups is 1. The van der Waals surface area contributed by atoms with Crippen LogP contribution in [0, 0.1) is 25.2 Å². The van der Waals surface area contributed by atoms with Crippen molar-refractivity contribution >= 4 is 11.8 Å². The Hall–Kier alpha value is -2.09. The highest BCUT2D eigenvalue weighted by Crippen LogP contribution is 2.25. The van der Waals surface area contributed by atoms with Crippen LogP contribution in [0.4, 0.5) is 5.82 Å². The molecule has 0 radical (unpaired) electrons. The molecule has 1 aromatic heterocycles. The van der Waals surface area contributed by atoms with E-state index >= 15 is 0 Å². The Kier molecular flexibility index (Phi) is 5.09. The zero-order valence-corrected chi connectivity index (χ0v) is 12.7. The summed E-state index contributed by atoms with van der Waals surface area (Å²) in [7, 11) is 1.36. The van der Waals surface area contributed by atoms with E-state index in [4.69, 9.17) is 4.74 Å². The number of pyridine rings is 1. The van der Waals surface area contributed by atoms with Gasteiger partial charge >= 0.3 is 5.97 Å². The van der Waals surface area contributed by atoms with Gasteiger partial charge in [-0.2, -0.15) is 5.26 Å². The van der Waals surface area contributed by atoms with Crippen molar-refractivity contribution in [2.24, 2.45) is 0 Å². The number of esters is 1. The van der Waals surface area contributed by atoms with Crippen molar-refractivity contribution in [3.05, 3.63) is 22.9 Å². The van der Waals surface area contributed by atoms with Gasteiger partial charge in [0.1, 0.15) is 17.4 Å². The molecule has 5 nitrogen and oxygen atoms in total. The molecule has 1 aromatic rings. The van der Waals surface area contributed by atoms with Crippen LogP contribution in [0.15, 0.2) is 6.07 Å². The molecule has 0 amide bonds. The Morgan fingerprint density at radius 2 is 2.20 bits per heavy atom. The highest BCUT2D eigenvalue weighted by atomic mass is 16.5. The number of rotatable bonds is 5. The van der Waals surface area contributed by atoms with E-state index in [9.17, 15) is 10.1 Å². The van der Waals surface area contributed by atoms with Crippen LogP contribution in [0.2, 0.25) is 0 Å². The molecule has 0 aliphatic rings. The molecular formula is C15H21N3O2. The lowest BCUT2D eigenvalue weighted by Crippen LogP contribution is -2.44. The molecule has 0 fully saturated rings. The fourth-order valence-corrected chi connectivity index (χ4v) is 2.27. The third-order valence-corrected chi connectivity index (χ3v) is 3.24. The lowest BCUT2D eigenvalue weighted by molar-refractivity contribution is -0.145. The van der Waals surface area contributed by atoms with E-state index in [1.807, 2.05) is 26.8 Å². The minimum atomic E-state index is -0.887. The smallest absolute Gasteiger partial charge is 0.331 e. The number of carbonyl (C=O) groups excluding carboxylic acids is 1. The second-order valence-corrected chi connectivity index (χ2v) is 5.11. The monoisotopic (exact) mass is 275 g/mol. The predicted octanol–water partition coefficient (Wildman–Crippen LogP) is 2.71. The van der Waals surface area contributed by atoms with Gasteiger partial charge in [0.15, 0.2) is 0 Å². The Morgan fingerprint density at radius 3 is 2.70 bits per heavy atom. The third kappa shape index (κ3) is 3.27. The van der Waals surface area contributed by atoms with E-state index in [2.05, 4.69) is 16.4 Å². The van der Waals surface area contributed by atoms with Crippen LogP contribution in [0.5, 0.6) is 0 Å². The van der Waals surface area contributed by atoms with Crippen LogP contribution in [-0.4, -0.2) is 23.6 Å². The van der Waals surface area contributed by atoms with E-state index in [1.165, 1.54) is 7.11 Å². The first-order valence-corrected chi connectivity index (χ1v) is 6.63. The fraction of sp³-hybridized carbons (Fsp3) is 0.533. The quantitative estimate of drug-likeness (QED) is 0.836. The Bertz CT molecular complexity index is 549. The molecule has 1 rings (SSSR count). The summed E-state index contributed by atoms with van der Waals surface area (Å²) in [5.74, 6) is 0.0792. The third-order valence-electron chi connectivity index (χ3n) is 3.24. The van der Waals surface area contributed by atoms with Crippen molar-refractivity contribution in [1.82, 2.24) is 4.98 Å². The average Bonchev–Trinajstić information content (AvgIpc) is 2.37. The molecule has 1 heterocycles. The van der Waals surface area contributed by atoms with E-state index in [-0.39, 0.29) is 5.97 Å². The molecule has 1 atom stereocenters. The highest BCUT2D eigenvalue weighted by molar-refractivity contribution is 5.84. The van der Waals surface area contributed by atoms with Crippen molar-refractivity contribution in [1.29, 1.82) is 5.26 Å². The van der Waals surface area contributed by atoms with Gasteiger partial charge in [0, 0.05) is 5.69 Å². The number of nitrogens with one attached hydrogen (secondary N) is 1. The van der Waals surface area contributed by atoms with Crippen LogP contribution in [0.3, 0.4) is 0 Å². The normalized spacial score (nSPS) is 13.2. The van der Waals surface area contributed by atoms with E-state index in [0.29, 0.717) is 17.8 Å². The summed E-state index contributed by atoms with van der Waals surface area (Å²) in [6.45, 7) is 7.47. The highest BCUT2D eigenvalue weighted by Gasteiger charge is 2.34. The molecule has 1 unspecified atom stereocenters. The molecule has 0 bridgehead atoms. The van der Waals surface area contributed by atoms with E-state index in [0.717, 1.165) is 17.7 Å². The molecule has 0 aliphatic carbocycles. The second kappa shape index (κ2) is 6.38. The Morgan fingerprint density at radius 1 is 1.55 bits per heavy atom. The molecule has 0 saturated heterocycles. The summed E-state index contributed by atoms with van der Waals surface area (Å²) in [6, 6.07) is 3.98. The summed E-state index contributed by atoms with van der Waals surface area (Å²) in [4.78, 5) is 16.3. The maximum Gasteiger partial charge on any atom is 0.331 e. The van der Waals surface area contributed by atoms with Crippen molar-refractivity contribution < 1.29 is 9.53 Å². The molecule has 1 N–H and O–H groups in total. The molecular weight excluding hydrogens is 254 g/mol. The summed E-state index contributed by atoms with van der Waals surface area (Å²) in [6.07, 6.45) is 1.41. The maximum absolute atomic E-state index is 12.0. The van der Waals surface area contributed by atoms with Crippen LogP contribution in [0.1, 0.15) is 43.5 Å². The molecule has 0 spiro atoms.